The van der Waals surface area contributed by atoms with Gasteiger partial charge in [-0.2, -0.15) is 0 Å². The third-order valence-corrected chi connectivity index (χ3v) is 9.42. The number of amides is 1. The lowest BCUT2D eigenvalue weighted by Crippen LogP contribution is -2.58. The first-order valence-corrected chi connectivity index (χ1v) is 10.2. The van der Waals surface area contributed by atoms with Crippen molar-refractivity contribution in [1.82, 2.24) is 4.90 Å². The topological polar surface area (TPSA) is 20.3 Å². The van der Waals surface area contributed by atoms with Crippen molar-refractivity contribution in [3.63, 3.8) is 0 Å². The third kappa shape index (κ3) is 1.90. The predicted octanol–water partition coefficient (Wildman–Crippen LogP) is 4.34. The summed E-state index contributed by atoms with van der Waals surface area (Å²) in [5.41, 5.74) is 0.755. The molecule has 1 aliphatic heterocycles. The summed E-state index contributed by atoms with van der Waals surface area (Å²) in [5, 5.41) is 0. The van der Waals surface area contributed by atoms with E-state index in [2.05, 4.69) is 25.7 Å². The molecule has 2 atom stereocenters. The first-order valence-electron chi connectivity index (χ1n) is 10.2. The fourth-order valence-electron chi connectivity index (χ4n) is 7.73. The molecule has 1 saturated heterocycles. The van der Waals surface area contributed by atoms with Gasteiger partial charge in [0.25, 0.3) is 0 Å². The summed E-state index contributed by atoms with van der Waals surface area (Å²) in [4.78, 5) is 15.8. The third-order valence-electron chi connectivity index (χ3n) is 9.42. The van der Waals surface area contributed by atoms with Crippen molar-refractivity contribution in [3.05, 3.63) is 0 Å². The molecule has 6 rings (SSSR count). The van der Waals surface area contributed by atoms with Crippen LogP contribution in [0.2, 0.25) is 0 Å². The first kappa shape index (κ1) is 14.8. The zero-order valence-corrected chi connectivity index (χ0v) is 15.2. The van der Waals surface area contributed by atoms with Crippen LogP contribution >= 0.6 is 0 Å². The Morgan fingerprint density at radius 3 is 2.13 bits per heavy atom. The minimum Gasteiger partial charge on any atom is -0.342 e. The molecule has 5 aliphatic carbocycles. The van der Waals surface area contributed by atoms with E-state index in [9.17, 15) is 4.79 Å². The highest BCUT2D eigenvalue weighted by Gasteiger charge is 2.58. The maximum atomic E-state index is 13.5. The van der Waals surface area contributed by atoms with Crippen molar-refractivity contribution in [2.75, 3.05) is 13.1 Å². The van der Waals surface area contributed by atoms with Gasteiger partial charge in [0.05, 0.1) is 0 Å². The summed E-state index contributed by atoms with van der Waals surface area (Å²) in [7, 11) is 0. The monoisotopic (exact) mass is 315 g/mol. The first-order chi connectivity index (χ1) is 10.9. The van der Waals surface area contributed by atoms with E-state index >= 15 is 0 Å². The molecule has 1 unspecified atom stereocenters. The number of carbonyl (C=O) groups is 1. The fraction of sp³-hybridized carbons (Fsp3) is 0.952. The molecular weight excluding hydrogens is 282 g/mol. The molecule has 6 aliphatic rings. The summed E-state index contributed by atoms with van der Waals surface area (Å²) >= 11 is 0. The highest BCUT2D eigenvalue weighted by atomic mass is 16.2. The molecule has 0 N–H and O–H groups in total. The normalized spacial score (nSPS) is 52.9. The molecule has 0 aromatic heterocycles. The molecule has 6 bridgehead atoms. The molecule has 5 saturated carbocycles. The molecule has 0 aromatic carbocycles. The number of hydrogen-bond acceptors (Lipinski definition) is 1. The molecule has 23 heavy (non-hydrogen) atoms. The van der Waals surface area contributed by atoms with Crippen LogP contribution in [0, 0.1) is 46.3 Å². The quantitative estimate of drug-likeness (QED) is 0.705. The average Bonchev–Trinajstić information content (AvgIpc) is 2.62. The van der Waals surface area contributed by atoms with Crippen LogP contribution in [0.15, 0.2) is 0 Å². The second-order valence-corrected chi connectivity index (χ2v) is 10.7. The Hall–Kier alpha value is -0.530. The summed E-state index contributed by atoms with van der Waals surface area (Å²) < 4.78 is 0. The highest BCUT2D eigenvalue weighted by Crippen LogP contribution is 2.61. The Labute approximate surface area is 141 Å². The minimum atomic E-state index is 0.345. The van der Waals surface area contributed by atoms with Crippen LogP contribution in [0.1, 0.15) is 65.7 Å². The zero-order chi connectivity index (χ0) is 16.0. The van der Waals surface area contributed by atoms with Crippen LogP contribution in [0.4, 0.5) is 0 Å². The number of carbonyl (C=O) groups excluding carboxylic acids is 1. The van der Waals surface area contributed by atoms with E-state index in [1.165, 1.54) is 44.9 Å². The lowest BCUT2D eigenvalue weighted by molar-refractivity contribution is -0.156. The lowest BCUT2D eigenvalue weighted by Gasteiger charge is -2.56. The van der Waals surface area contributed by atoms with Crippen LogP contribution in [-0.2, 0) is 4.79 Å². The number of likely N-dealkylation sites (tertiary alicyclic amines) is 1. The number of piperidine rings is 1. The van der Waals surface area contributed by atoms with E-state index in [4.69, 9.17) is 0 Å². The number of hydrogen-bond donors (Lipinski definition) is 0. The smallest absolute Gasteiger partial charge is 0.226 e. The van der Waals surface area contributed by atoms with Gasteiger partial charge in [-0.1, -0.05) is 20.8 Å². The second kappa shape index (κ2) is 4.55. The molecule has 1 amide bonds. The van der Waals surface area contributed by atoms with Gasteiger partial charge in [-0.05, 0) is 85.4 Å². The van der Waals surface area contributed by atoms with Crippen LogP contribution in [-0.4, -0.2) is 23.9 Å². The average molecular weight is 316 g/mol. The summed E-state index contributed by atoms with van der Waals surface area (Å²) in [6.45, 7) is 9.43. The van der Waals surface area contributed by atoms with Crippen molar-refractivity contribution < 1.29 is 4.79 Å². The summed E-state index contributed by atoms with van der Waals surface area (Å²) in [6.07, 6.45) is 9.58. The van der Waals surface area contributed by atoms with Gasteiger partial charge in [0.15, 0.2) is 0 Å². The molecule has 128 valence electrons. The molecular formula is C21H33NO. The van der Waals surface area contributed by atoms with E-state index in [0.717, 1.165) is 42.7 Å². The van der Waals surface area contributed by atoms with Gasteiger partial charge in [-0.3, -0.25) is 4.79 Å². The molecule has 1 heterocycles. The summed E-state index contributed by atoms with van der Waals surface area (Å²) in [5.74, 6) is 5.09. The van der Waals surface area contributed by atoms with E-state index in [0.29, 0.717) is 22.7 Å². The van der Waals surface area contributed by atoms with Gasteiger partial charge < -0.3 is 4.90 Å². The number of fused-ring (bicyclic) bond motifs is 2. The van der Waals surface area contributed by atoms with Crippen LogP contribution in [0.3, 0.4) is 0 Å². The second-order valence-electron chi connectivity index (χ2n) is 10.7. The Bertz CT molecular complexity index is 510. The fourth-order valence-corrected chi connectivity index (χ4v) is 7.73. The predicted molar refractivity (Wildman–Crippen MR) is 91.7 cm³/mol. The van der Waals surface area contributed by atoms with Gasteiger partial charge in [0.2, 0.25) is 5.91 Å². The van der Waals surface area contributed by atoms with E-state index < -0.39 is 0 Å². The van der Waals surface area contributed by atoms with E-state index in [-0.39, 0.29) is 0 Å². The van der Waals surface area contributed by atoms with Crippen molar-refractivity contribution in [2.45, 2.75) is 65.7 Å². The molecule has 2 heteroatoms. The lowest BCUT2D eigenvalue weighted by atomic mass is 9.51. The minimum absolute atomic E-state index is 0.345. The van der Waals surface area contributed by atoms with E-state index in [1.807, 2.05) is 0 Å². The molecule has 0 aromatic rings. The molecule has 0 radical (unpaired) electrons. The summed E-state index contributed by atoms with van der Waals surface area (Å²) in [6, 6.07) is 0. The van der Waals surface area contributed by atoms with Gasteiger partial charge in [0.1, 0.15) is 0 Å². The van der Waals surface area contributed by atoms with Crippen molar-refractivity contribution >= 4 is 5.91 Å². The Morgan fingerprint density at radius 2 is 1.57 bits per heavy atom. The van der Waals surface area contributed by atoms with Gasteiger partial charge in [0, 0.05) is 19.0 Å². The molecule has 6 fully saturated rings. The maximum Gasteiger partial charge on any atom is 0.226 e. The van der Waals surface area contributed by atoms with Crippen LogP contribution in [0.25, 0.3) is 0 Å². The van der Waals surface area contributed by atoms with E-state index in [1.54, 1.807) is 0 Å². The van der Waals surface area contributed by atoms with Crippen LogP contribution < -0.4 is 0 Å². The van der Waals surface area contributed by atoms with Crippen molar-refractivity contribution in [3.8, 4) is 0 Å². The Kier molecular flexibility index (Phi) is 2.92. The van der Waals surface area contributed by atoms with Crippen LogP contribution in [0.5, 0.6) is 0 Å². The van der Waals surface area contributed by atoms with Crippen molar-refractivity contribution in [1.29, 1.82) is 0 Å². The van der Waals surface area contributed by atoms with Gasteiger partial charge in [-0.25, -0.2) is 0 Å². The standard InChI is InChI=1S/C21H33NO/c1-20(2)17-4-5-21(20,3)12-22(11-17)19(23)18-15-7-13-6-14(9-15)10-16(18)8-13/h13-18H,4-12H2,1-3H3/t13?,14?,15?,16?,17?,18?,21-/m1/s1. The zero-order valence-electron chi connectivity index (χ0n) is 15.2. The Balaban J connectivity index is 1.38. The molecule has 2 nitrogen and oxygen atoms in total. The SMILES string of the molecule is CC1(C)C2CC[C@]1(C)CN(C(=O)C1C3CC4CC(C3)CC1C4)C2. The van der Waals surface area contributed by atoms with Gasteiger partial charge in [-0.15, -0.1) is 0 Å². The number of nitrogens with zero attached hydrogens (tertiary/aromatic N) is 1. The van der Waals surface area contributed by atoms with Crippen molar-refractivity contribution in [2.24, 2.45) is 46.3 Å². The number of rotatable bonds is 1. The van der Waals surface area contributed by atoms with Gasteiger partial charge >= 0.3 is 0 Å². The Morgan fingerprint density at radius 1 is 0.957 bits per heavy atom. The largest absolute Gasteiger partial charge is 0.342 e. The maximum absolute atomic E-state index is 13.5. The highest BCUT2D eigenvalue weighted by molar-refractivity contribution is 5.80. The molecule has 0 spiro atoms.